The van der Waals surface area contributed by atoms with Gasteiger partial charge in [-0.2, -0.15) is 0 Å². The number of rotatable bonds is 29. The van der Waals surface area contributed by atoms with Gasteiger partial charge < -0.3 is 10.6 Å². The molecule has 38 heavy (non-hydrogen) atoms. The average molecular weight is 537 g/mol. The summed E-state index contributed by atoms with van der Waals surface area (Å²) in [6, 6.07) is 0. The maximum Gasteiger partial charge on any atom is 0.223 e. The molecule has 2 amide bonds. The van der Waals surface area contributed by atoms with Crippen molar-refractivity contribution in [1.82, 2.24) is 10.6 Å². The molecule has 0 aromatic carbocycles. The summed E-state index contributed by atoms with van der Waals surface area (Å²) < 4.78 is 0. The lowest BCUT2D eigenvalue weighted by molar-refractivity contribution is -0.127. The van der Waals surface area contributed by atoms with Crippen LogP contribution in [0, 0.1) is 11.8 Å². The highest BCUT2D eigenvalue weighted by Gasteiger charge is 2.19. The molecule has 2 atom stereocenters. The topological polar surface area (TPSA) is 58.2 Å². The van der Waals surface area contributed by atoms with E-state index in [1.54, 1.807) is 0 Å². The van der Waals surface area contributed by atoms with Gasteiger partial charge >= 0.3 is 0 Å². The Morgan fingerprint density at radius 3 is 0.921 bits per heavy atom. The Morgan fingerprint density at radius 1 is 0.395 bits per heavy atom. The van der Waals surface area contributed by atoms with Crippen molar-refractivity contribution in [2.75, 3.05) is 13.1 Å². The summed E-state index contributed by atoms with van der Waals surface area (Å²) in [5.74, 6) is 0.667. The third-order valence-electron chi connectivity index (χ3n) is 8.09. The van der Waals surface area contributed by atoms with Gasteiger partial charge in [0.15, 0.2) is 0 Å². The molecule has 2 unspecified atom stereocenters. The van der Waals surface area contributed by atoms with Crippen molar-refractivity contribution in [2.45, 2.75) is 182 Å². The molecule has 0 aliphatic rings. The van der Waals surface area contributed by atoms with E-state index in [1.165, 1.54) is 103 Å². The van der Waals surface area contributed by atoms with Gasteiger partial charge in [-0.15, -0.1) is 0 Å². The number of nitrogens with one attached hydrogen (secondary N) is 2. The Hall–Kier alpha value is -1.06. The molecule has 0 bridgehead atoms. The molecule has 0 rings (SSSR count). The molecular formula is C34H68N2O2. The third-order valence-corrected chi connectivity index (χ3v) is 8.09. The van der Waals surface area contributed by atoms with Crippen LogP contribution in [0.4, 0.5) is 0 Å². The zero-order chi connectivity index (χ0) is 28.1. The van der Waals surface area contributed by atoms with E-state index in [-0.39, 0.29) is 23.7 Å². The van der Waals surface area contributed by atoms with Crippen LogP contribution in [0.2, 0.25) is 0 Å². The van der Waals surface area contributed by atoms with Crippen molar-refractivity contribution in [3.05, 3.63) is 0 Å². The van der Waals surface area contributed by atoms with Crippen molar-refractivity contribution >= 4 is 11.8 Å². The SMILES string of the molecule is CCCCCCCCC(CCCCCC)C(=O)NCCNC(=O)C(CCCCCC)CCCCCCCC. The van der Waals surface area contributed by atoms with Crippen LogP contribution in [0.15, 0.2) is 0 Å². The first-order valence-electron chi connectivity index (χ1n) is 17.2. The quantitative estimate of drug-likeness (QED) is 0.0934. The zero-order valence-electron chi connectivity index (χ0n) is 26.4. The Bertz CT molecular complexity index is 477. The highest BCUT2D eigenvalue weighted by atomic mass is 16.2. The summed E-state index contributed by atoms with van der Waals surface area (Å²) in [6.07, 6.45) is 29.0. The number of hydrogen-bond acceptors (Lipinski definition) is 2. The molecule has 0 aromatic rings. The first-order chi connectivity index (χ1) is 18.6. The monoisotopic (exact) mass is 537 g/mol. The van der Waals surface area contributed by atoms with E-state index < -0.39 is 0 Å². The molecule has 0 heterocycles. The molecule has 0 aliphatic carbocycles. The number of hydrogen-bond donors (Lipinski definition) is 2. The van der Waals surface area contributed by atoms with Crippen molar-refractivity contribution < 1.29 is 9.59 Å². The lowest BCUT2D eigenvalue weighted by Gasteiger charge is -2.19. The predicted molar refractivity (Wildman–Crippen MR) is 167 cm³/mol. The highest BCUT2D eigenvalue weighted by molar-refractivity contribution is 5.79. The Balaban J connectivity index is 4.48. The molecular weight excluding hydrogens is 468 g/mol. The van der Waals surface area contributed by atoms with Gasteiger partial charge in [0.25, 0.3) is 0 Å². The van der Waals surface area contributed by atoms with Crippen molar-refractivity contribution in [1.29, 1.82) is 0 Å². The van der Waals surface area contributed by atoms with E-state index in [4.69, 9.17) is 0 Å². The lowest BCUT2D eigenvalue weighted by atomic mass is 9.93. The van der Waals surface area contributed by atoms with E-state index in [2.05, 4.69) is 38.3 Å². The van der Waals surface area contributed by atoms with Gasteiger partial charge in [0.05, 0.1) is 0 Å². The molecule has 0 radical (unpaired) electrons. The number of unbranched alkanes of at least 4 members (excludes halogenated alkanes) is 16. The maximum absolute atomic E-state index is 13.0. The molecule has 0 fully saturated rings. The fourth-order valence-corrected chi connectivity index (χ4v) is 5.45. The normalized spacial score (nSPS) is 12.8. The molecule has 226 valence electrons. The third kappa shape index (κ3) is 22.9. The van der Waals surface area contributed by atoms with Crippen LogP contribution in [0.25, 0.3) is 0 Å². The molecule has 0 aromatic heterocycles. The van der Waals surface area contributed by atoms with E-state index >= 15 is 0 Å². The highest BCUT2D eigenvalue weighted by Crippen LogP contribution is 2.20. The van der Waals surface area contributed by atoms with Crippen molar-refractivity contribution in [3.63, 3.8) is 0 Å². The van der Waals surface area contributed by atoms with Gasteiger partial charge in [-0.3, -0.25) is 9.59 Å². The summed E-state index contributed by atoms with van der Waals surface area (Å²) in [6.45, 7) is 10.1. The standard InChI is InChI=1S/C34H68N2O2/c1-5-9-13-17-19-23-27-31(25-21-15-11-7-3)33(37)35-29-30-36-34(38)32(26-22-16-12-8-4)28-24-20-18-14-10-6-2/h31-32H,5-30H2,1-4H3,(H,35,37)(H,36,38). The number of carbonyl (C=O) groups is 2. The smallest absolute Gasteiger partial charge is 0.223 e. The molecule has 0 saturated carbocycles. The van der Waals surface area contributed by atoms with E-state index in [0.29, 0.717) is 13.1 Å². The molecule has 0 spiro atoms. The Kier molecular flexibility index (Phi) is 28.1. The Morgan fingerprint density at radius 2 is 0.632 bits per heavy atom. The fourth-order valence-electron chi connectivity index (χ4n) is 5.45. The van der Waals surface area contributed by atoms with Crippen LogP contribution in [0.3, 0.4) is 0 Å². The van der Waals surface area contributed by atoms with Gasteiger partial charge in [0.2, 0.25) is 11.8 Å². The van der Waals surface area contributed by atoms with E-state index in [1.807, 2.05) is 0 Å². The van der Waals surface area contributed by atoms with Crippen molar-refractivity contribution in [2.24, 2.45) is 11.8 Å². The van der Waals surface area contributed by atoms with Crippen molar-refractivity contribution in [3.8, 4) is 0 Å². The first kappa shape index (κ1) is 36.9. The number of carbonyl (C=O) groups excluding carboxylic acids is 2. The van der Waals surface area contributed by atoms with Gasteiger partial charge in [-0.05, 0) is 25.7 Å². The second-order valence-electron chi connectivity index (χ2n) is 11.8. The summed E-state index contributed by atoms with van der Waals surface area (Å²) in [7, 11) is 0. The molecule has 0 aliphatic heterocycles. The summed E-state index contributed by atoms with van der Waals surface area (Å²) in [5.41, 5.74) is 0. The Labute approximate surface area is 238 Å². The largest absolute Gasteiger partial charge is 0.354 e. The summed E-state index contributed by atoms with van der Waals surface area (Å²) >= 11 is 0. The van der Waals surface area contributed by atoms with E-state index in [9.17, 15) is 9.59 Å². The van der Waals surface area contributed by atoms with Crippen LogP contribution in [0.1, 0.15) is 182 Å². The fraction of sp³-hybridized carbons (Fsp3) is 0.941. The summed E-state index contributed by atoms with van der Waals surface area (Å²) in [5, 5.41) is 6.31. The van der Waals surface area contributed by atoms with E-state index in [0.717, 1.165) is 51.4 Å². The lowest BCUT2D eigenvalue weighted by Crippen LogP contribution is -2.39. The van der Waals surface area contributed by atoms with Crippen LogP contribution < -0.4 is 10.6 Å². The van der Waals surface area contributed by atoms with Crippen LogP contribution >= 0.6 is 0 Å². The van der Waals surface area contributed by atoms with Crippen LogP contribution in [-0.4, -0.2) is 24.9 Å². The first-order valence-corrected chi connectivity index (χ1v) is 17.2. The average Bonchev–Trinajstić information content (AvgIpc) is 2.92. The molecule has 2 N–H and O–H groups in total. The number of amides is 2. The molecule has 4 heteroatoms. The van der Waals surface area contributed by atoms with Gasteiger partial charge in [0, 0.05) is 24.9 Å². The second-order valence-corrected chi connectivity index (χ2v) is 11.8. The predicted octanol–water partition coefficient (Wildman–Crippen LogP) is 9.89. The minimum absolute atomic E-state index is 0.132. The van der Waals surface area contributed by atoms with Gasteiger partial charge in [-0.1, -0.05) is 156 Å². The summed E-state index contributed by atoms with van der Waals surface area (Å²) in [4.78, 5) is 26.0. The zero-order valence-corrected chi connectivity index (χ0v) is 26.4. The second kappa shape index (κ2) is 28.9. The molecule has 0 saturated heterocycles. The van der Waals surface area contributed by atoms with Gasteiger partial charge in [0.1, 0.15) is 0 Å². The maximum atomic E-state index is 13.0. The van der Waals surface area contributed by atoms with Crippen LogP contribution in [0.5, 0.6) is 0 Å². The molecule has 4 nitrogen and oxygen atoms in total. The minimum Gasteiger partial charge on any atom is -0.354 e. The van der Waals surface area contributed by atoms with Gasteiger partial charge in [-0.25, -0.2) is 0 Å². The van der Waals surface area contributed by atoms with Crippen LogP contribution in [-0.2, 0) is 9.59 Å². The minimum atomic E-state index is 0.132.